The molecule has 3 heteroatoms. The molecule has 0 amide bonds. The molecule has 0 atom stereocenters. The lowest BCUT2D eigenvalue weighted by Crippen LogP contribution is -1.89. The summed E-state index contributed by atoms with van der Waals surface area (Å²) in [4.78, 5) is 0. The zero-order chi connectivity index (χ0) is 9.42. The molecule has 0 aliphatic heterocycles. The molecule has 5 N–H and O–H groups in total. The Morgan fingerprint density at radius 2 is 1.77 bits per heavy atom. The van der Waals surface area contributed by atoms with Gasteiger partial charge < -0.3 is 16.6 Å². The van der Waals surface area contributed by atoms with Crippen molar-refractivity contribution in [3.05, 3.63) is 30.3 Å². The van der Waals surface area contributed by atoms with Crippen molar-refractivity contribution < 1.29 is 5.11 Å². The largest absolute Gasteiger partial charge is 0.508 e. The van der Waals surface area contributed by atoms with E-state index in [1.807, 2.05) is 6.07 Å². The maximum absolute atomic E-state index is 9.27. The van der Waals surface area contributed by atoms with E-state index < -0.39 is 0 Å². The average molecular weight is 174 g/mol. The van der Waals surface area contributed by atoms with Crippen LogP contribution in [-0.2, 0) is 0 Å². The molecule has 0 spiro atoms. The third-order valence-electron chi connectivity index (χ3n) is 2.00. The number of phenolic OH excluding ortho intramolecular Hbond substituents is 1. The van der Waals surface area contributed by atoms with Crippen molar-refractivity contribution in [2.75, 3.05) is 11.5 Å². The van der Waals surface area contributed by atoms with Gasteiger partial charge in [-0.25, -0.2) is 0 Å². The molecule has 0 aliphatic carbocycles. The van der Waals surface area contributed by atoms with Crippen molar-refractivity contribution in [3.8, 4) is 5.75 Å². The van der Waals surface area contributed by atoms with Crippen LogP contribution in [0.15, 0.2) is 30.3 Å². The standard InChI is InChI=1S/C10H10N2O/c11-7-2-1-6-3-8(13)5-10(12)9(6)4-7/h1-5,13H,11-12H2. The van der Waals surface area contributed by atoms with Gasteiger partial charge in [-0.05, 0) is 23.6 Å². The van der Waals surface area contributed by atoms with Crippen molar-refractivity contribution >= 4 is 22.1 Å². The summed E-state index contributed by atoms with van der Waals surface area (Å²) in [5, 5.41) is 11.0. The number of nitrogens with two attached hydrogens (primary N) is 2. The summed E-state index contributed by atoms with van der Waals surface area (Å²) in [6, 6.07) is 8.58. The van der Waals surface area contributed by atoms with Crippen molar-refractivity contribution in [2.24, 2.45) is 0 Å². The van der Waals surface area contributed by atoms with Crippen LogP contribution in [0.5, 0.6) is 5.75 Å². The Balaban J connectivity index is 2.87. The minimum absolute atomic E-state index is 0.176. The van der Waals surface area contributed by atoms with Crippen LogP contribution in [0.2, 0.25) is 0 Å². The minimum Gasteiger partial charge on any atom is -0.508 e. The Morgan fingerprint density at radius 1 is 1.00 bits per heavy atom. The summed E-state index contributed by atoms with van der Waals surface area (Å²) in [7, 11) is 0. The first-order valence-corrected chi connectivity index (χ1v) is 3.94. The van der Waals surface area contributed by atoms with Crippen LogP contribution in [0.25, 0.3) is 10.8 Å². The number of benzene rings is 2. The average Bonchev–Trinajstić information content (AvgIpc) is 2.06. The van der Waals surface area contributed by atoms with Gasteiger partial charge in [0.2, 0.25) is 0 Å². The highest BCUT2D eigenvalue weighted by molar-refractivity contribution is 5.95. The van der Waals surface area contributed by atoms with E-state index in [4.69, 9.17) is 11.5 Å². The molecule has 2 aromatic rings. The minimum atomic E-state index is 0.176. The molecule has 0 aliphatic rings. The maximum atomic E-state index is 9.27. The SMILES string of the molecule is Nc1ccc2cc(O)cc(N)c2c1. The first-order valence-electron chi connectivity index (χ1n) is 3.94. The Bertz CT molecular complexity index is 466. The van der Waals surface area contributed by atoms with Crippen LogP contribution in [0.3, 0.4) is 0 Å². The lowest BCUT2D eigenvalue weighted by molar-refractivity contribution is 0.476. The number of aromatic hydroxyl groups is 1. The van der Waals surface area contributed by atoms with E-state index in [2.05, 4.69) is 0 Å². The molecule has 2 rings (SSSR count). The van der Waals surface area contributed by atoms with Crippen LogP contribution in [0, 0.1) is 0 Å². The molecule has 2 aromatic carbocycles. The second-order valence-electron chi connectivity index (χ2n) is 3.02. The predicted octanol–water partition coefficient (Wildman–Crippen LogP) is 1.71. The molecule has 0 unspecified atom stereocenters. The first kappa shape index (κ1) is 7.73. The third kappa shape index (κ3) is 1.24. The highest BCUT2D eigenvalue weighted by atomic mass is 16.3. The first-order chi connectivity index (χ1) is 6.16. The van der Waals surface area contributed by atoms with Gasteiger partial charge in [0.05, 0.1) is 0 Å². The van der Waals surface area contributed by atoms with E-state index in [-0.39, 0.29) is 5.75 Å². The van der Waals surface area contributed by atoms with E-state index in [0.717, 1.165) is 10.8 Å². The molecule has 0 radical (unpaired) electrons. The summed E-state index contributed by atoms with van der Waals surface area (Å²) in [5.41, 5.74) is 12.5. The fourth-order valence-electron chi connectivity index (χ4n) is 1.39. The number of hydrogen-bond donors (Lipinski definition) is 3. The molecule has 0 saturated carbocycles. The Morgan fingerprint density at radius 3 is 2.54 bits per heavy atom. The van der Waals surface area contributed by atoms with Gasteiger partial charge in [0, 0.05) is 22.8 Å². The summed E-state index contributed by atoms with van der Waals surface area (Å²) >= 11 is 0. The van der Waals surface area contributed by atoms with Crippen LogP contribution in [-0.4, -0.2) is 5.11 Å². The van der Waals surface area contributed by atoms with Gasteiger partial charge in [-0.1, -0.05) is 6.07 Å². The topological polar surface area (TPSA) is 72.3 Å². The fraction of sp³-hybridized carbons (Fsp3) is 0. The summed E-state index contributed by atoms with van der Waals surface area (Å²) < 4.78 is 0. The predicted molar refractivity (Wildman–Crippen MR) is 54.4 cm³/mol. The Hall–Kier alpha value is -1.90. The quantitative estimate of drug-likeness (QED) is 0.532. The zero-order valence-electron chi connectivity index (χ0n) is 6.99. The number of phenols is 1. The van der Waals surface area contributed by atoms with Crippen LogP contribution >= 0.6 is 0 Å². The van der Waals surface area contributed by atoms with Gasteiger partial charge in [-0.15, -0.1) is 0 Å². The van der Waals surface area contributed by atoms with E-state index in [1.54, 1.807) is 18.2 Å². The van der Waals surface area contributed by atoms with Gasteiger partial charge in [0.15, 0.2) is 0 Å². The van der Waals surface area contributed by atoms with Gasteiger partial charge in [0.25, 0.3) is 0 Å². The molecule has 0 heterocycles. The van der Waals surface area contributed by atoms with Crippen LogP contribution in [0.4, 0.5) is 11.4 Å². The van der Waals surface area contributed by atoms with E-state index >= 15 is 0 Å². The Labute approximate surface area is 75.6 Å². The van der Waals surface area contributed by atoms with Crippen LogP contribution in [0.1, 0.15) is 0 Å². The molecule has 66 valence electrons. The molecule has 0 fully saturated rings. The van der Waals surface area contributed by atoms with Gasteiger partial charge in [0.1, 0.15) is 5.75 Å². The summed E-state index contributed by atoms with van der Waals surface area (Å²) in [6.07, 6.45) is 0. The molecule has 0 saturated heterocycles. The second kappa shape index (κ2) is 2.55. The summed E-state index contributed by atoms with van der Waals surface area (Å²) in [6.45, 7) is 0. The normalized spacial score (nSPS) is 10.5. The van der Waals surface area contributed by atoms with Gasteiger partial charge in [-0.3, -0.25) is 0 Å². The fourth-order valence-corrected chi connectivity index (χ4v) is 1.39. The molecule has 0 bridgehead atoms. The number of rotatable bonds is 0. The highest BCUT2D eigenvalue weighted by Crippen LogP contribution is 2.27. The van der Waals surface area contributed by atoms with Gasteiger partial charge >= 0.3 is 0 Å². The molecule has 0 aromatic heterocycles. The lowest BCUT2D eigenvalue weighted by atomic mass is 10.1. The molecule has 3 nitrogen and oxygen atoms in total. The van der Waals surface area contributed by atoms with Crippen molar-refractivity contribution in [3.63, 3.8) is 0 Å². The molecular formula is C10H10N2O. The third-order valence-corrected chi connectivity index (χ3v) is 2.00. The van der Waals surface area contributed by atoms with Crippen molar-refractivity contribution in [2.45, 2.75) is 0 Å². The van der Waals surface area contributed by atoms with E-state index in [0.29, 0.717) is 11.4 Å². The smallest absolute Gasteiger partial charge is 0.118 e. The van der Waals surface area contributed by atoms with Gasteiger partial charge in [-0.2, -0.15) is 0 Å². The second-order valence-corrected chi connectivity index (χ2v) is 3.02. The number of fused-ring (bicyclic) bond motifs is 1. The van der Waals surface area contributed by atoms with E-state index in [1.165, 1.54) is 6.07 Å². The molecule has 13 heavy (non-hydrogen) atoms. The molecular weight excluding hydrogens is 164 g/mol. The van der Waals surface area contributed by atoms with Crippen LogP contribution < -0.4 is 11.5 Å². The number of hydrogen-bond acceptors (Lipinski definition) is 3. The monoisotopic (exact) mass is 174 g/mol. The zero-order valence-corrected chi connectivity index (χ0v) is 6.99. The number of nitrogen functional groups attached to an aromatic ring is 2. The summed E-state index contributed by atoms with van der Waals surface area (Å²) in [5.74, 6) is 0.176. The van der Waals surface area contributed by atoms with E-state index in [9.17, 15) is 5.11 Å². The number of anilines is 2. The maximum Gasteiger partial charge on any atom is 0.118 e. The lowest BCUT2D eigenvalue weighted by Gasteiger charge is -2.03. The van der Waals surface area contributed by atoms with Crippen molar-refractivity contribution in [1.29, 1.82) is 0 Å². The Kier molecular flexibility index (Phi) is 1.52. The van der Waals surface area contributed by atoms with Crippen molar-refractivity contribution in [1.82, 2.24) is 0 Å². The highest BCUT2D eigenvalue weighted by Gasteiger charge is 2.00.